The molecule has 4 aliphatic rings. The third-order valence-corrected chi connectivity index (χ3v) is 6.61. The molecule has 1 N–H and O–H groups in total. The number of nitrogens with zero attached hydrogens (tertiary/aromatic N) is 2. The Labute approximate surface area is 136 Å². The van der Waals surface area contributed by atoms with Crippen LogP contribution in [0.1, 0.15) is 54.7 Å². The van der Waals surface area contributed by atoms with Crippen molar-refractivity contribution in [2.45, 2.75) is 45.4 Å². The maximum atomic E-state index is 12.5. The average Bonchev–Trinajstić information content (AvgIpc) is 2.68. The average molecular weight is 322 g/mol. The first kappa shape index (κ1) is 14.6. The summed E-state index contributed by atoms with van der Waals surface area (Å²) in [5, 5.41) is 7.87. The Morgan fingerprint density at radius 1 is 1.27 bits per heavy atom. The molecule has 4 nitrogen and oxygen atoms in total. The molecule has 4 aliphatic carbocycles. The van der Waals surface area contributed by atoms with Crippen LogP contribution in [-0.2, 0) is 7.05 Å². The number of amides is 1. The van der Waals surface area contributed by atoms with Crippen LogP contribution in [0.2, 0.25) is 5.02 Å². The largest absolute Gasteiger partial charge is 0.350 e. The van der Waals surface area contributed by atoms with Gasteiger partial charge < -0.3 is 5.32 Å². The Kier molecular flexibility index (Phi) is 3.30. The van der Waals surface area contributed by atoms with E-state index in [4.69, 9.17) is 11.6 Å². The zero-order valence-corrected chi connectivity index (χ0v) is 14.1. The second-order valence-electron chi connectivity index (χ2n) is 7.97. The van der Waals surface area contributed by atoms with Crippen LogP contribution in [0.4, 0.5) is 0 Å². The predicted octanol–water partition coefficient (Wildman–Crippen LogP) is 3.33. The lowest BCUT2D eigenvalue weighted by molar-refractivity contribution is -0.0503. The monoisotopic (exact) mass is 321 g/mol. The van der Waals surface area contributed by atoms with Crippen LogP contribution in [-0.4, -0.2) is 22.2 Å². The molecule has 0 unspecified atom stereocenters. The molecule has 1 heterocycles. The molecular formula is C17H24ClN3O. The zero-order chi connectivity index (χ0) is 15.5. The minimum Gasteiger partial charge on any atom is -0.350 e. The van der Waals surface area contributed by atoms with Crippen molar-refractivity contribution < 1.29 is 4.79 Å². The number of carbonyl (C=O) groups excluding carboxylic acids is 1. The summed E-state index contributed by atoms with van der Waals surface area (Å²) in [6.45, 7) is 2.63. The van der Waals surface area contributed by atoms with Crippen molar-refractivity contribution in [3.8, 4) is 0 Å². The second-order valence-corrected chi connectivity index (χ2v) is 8.35. The third-order valence-electron chi connectivity index (χ3n) is 6.15. The number of rotatable bonds is 3. The fraction of sp³-hybridized carbons (Fsp3) is 0.765. The van der Waals surface area contributed by atoms with E-state index in [1.165, 1.54) is 38.5 Å². The highest BCUT2D eigenvalue weighted by atomic mass is 35.5. The molecule has 0 saturated heterocycles. The first-order chi connectivity index (χ1) is 10.5. The number of nitrogens with one attached hydrogen (secondary N) is 1. The van der Waals surface area contributed by atoms with E-state index in [0.717, 1.165) is 24.3 Å². The van der Waals surface area contributed by atoms with Gasteiger partial charge in [-0.15, -0.1) is 0 Å². The number of hydrogen-bond acceptors (Lipinski definition) is 2. The van der Waals surface area contributed by atoms with E-state index in [2.05, 4.69) is 10.4 Å². The Morgan fingerprint density at radius 3 is 2.27 bits per heavy atom. The first-order valence-electron chi connectivity index (χ1n) is 8.43. The van der Waals surface area contributed by atoms with E-state index in [9.17, 15) is 4.79 Å². The zero-order valence-electron chi connectivity index (χ0n) is 13.4. The van der Waals surface area contributed by atoms with Crippen molar-refractivity contribution in [2.75, 3.05) is 6.54 Å². The molecule has 1 aromatic rings. The maximum Gasteiger partial charge on any atom is 0.271 e. The fourth-order valence-corrected chi connectivity index (χ4v) is 5.98. The van der Waals surface area contributed by atoms with E-state index < -0.39 is 0 Å². The van der Waals surface area contributed by atoms with E-state index in [1.54, 1.807) is 11.7 Å². The van der Waals surface area contributed by atoms with Gasteiger partial charge in [0, 0.05) is 13.6 Å². The van der Waals surface area contributed by atoms with Crippen LogP contribution in [0.25, 0.3) is 0 Å². The van der Waals surface area contributed by atoms with Gasteiger partial charge in [-0.05, 0) is 68.6 Å². The maximum absolute atomic E-state index is 12.5. The lowest BCUT2D eigenvalue weighted by Gasteiger charge is -2.56. The van der Waals surface area contributed by atoms with E-state index in [0.29, 0.717) is 21.8 Å². The van der Waals surface area contributed by atoms with Gasteiger partial charge in [0.2, 0.25) is 0 Å². The van der Waals surface area contributed by atoms with Gasteiger partial charge in [-0.3, -0.25) is 9.48 Å². The van der Waals surface area contributed by atoms with Crippen LogP contribution in [0.3, 0.4) is 0 Å². The summed E-state index contributed by atoms with van der Waals surface area (Å²) in [5.74, 6) is 2.64. The minimum absolute atomic E-state index is 0.0798. The van der Waals surface area contributed by atoms with E-state index in [-0.39, 0.29) is 5.91 Å². The molecule has 0 radical (unpaired) electrons. The van der Waals surface area contributed by atoms with Crippen LogP contribution >= 0.6 is 11.6 Å². The van der Waals surface area contributed by atoms with E-state index in [1.807, 2.05) is 6.92 Å². The van der Waals surface area contributed by atoms with Crippen LogP contribution in [0.15, 0.2) is 0 Å². The molecule has 1 amide bonds. The highest BCUT2D eigenvalue weighted by molar-refractivity contribution is 6.34. The van der Waals surface area contributed by atoms with Crippen molar-refractivity contribution in [3.63, 3.8) is 0 Å². The highest BCUT2D eigenvalue weighted by Crippen LogP contribution is 2.59. The quantitative estimate of drug-likeness (QED) is 0.928. The SMILES string of the molecule is Cc1nn(C)c(C(=O)NCC23CC4CC(CC(C4)C2)C3)c1Cl. The van der Waals surface area contributed by atoms with E-state index >= 15 is 0 Å². The molecule has 4 fully saturated rings. The van der Waals surface area contributed by atoms with Crippen LogP contribution < -0.4 is 5.32 Å². The van der Waals surface area contributed by atoms with Crippen molar-refractivity contribution >= 4 is 17.5 Å². The number of aryl methyl sites for hydroxylation is 2. The second kappa shape index (κ2) is 4.98. The summed E-state index contributed by atoms with van der Waals surface area (Å²) >= 11 is 6.22. The Hall–Kier alpha value is -1.03. The topological polar surface area (TPSA) is 46.9 Å². The smallest absolute Gasteiger partial charge is 0.271 e. The molecule has 4 bridgehead atoms. The van der Waals surface area contributed by atoms with Gasteiger partial charge >= 0.3 is 0 Å². The van der Waals surface area contributed by atoms with Crippen molar-refractivity contribution in [1.82, 2.24) is 15.1 Å². The number of aromatic nitrogens is 2. The van der Waals surface area contributed by atoms with Crippen molar-refractivity contribution in [1.29, 1.82) is 0 Å². The van der Waals surface area contributed by atoms with Gasteiger partial charge in [0.15, 0.2) is 0 Å². The Balaban J connectivity index is 1.47. The van der Waals surface area contributed by atoms with Crippen molar-refractivity contribution in [3.05, 3.63) is 16.4 Å². The standard InChI is InChI=1S/C17H24ClN3O/c1-10-14(18)15(21(2)20-10)16(22)19-9-17-6-11-3-12(7-17)5-13(4-11)8-17/h11-13H,3-9H2,1-2H3,(H,19,22). The number of hydrogen-bond donors (Lipinski definition) is 1. The molecule has 0 atom stereocenters. The molecule has 0 spiro atoms. The molecule has 0 aliphatic heterocycles. The van der Waals surface area contributed by atoms with Gasteiger partial charge in [-0.25, -0.2) is 0 Å². The van der Waals surface area contributed by atoms with Gasteiger partial charge in [-0.2, -0.15) is 5.10 Å². The minimum atomic E-state index is -0.0798. The van der Waals surface area contributed by atoms with Gasteiger partial charge in [0.25, 0.3) is 5.91 Å². The molecule has 0 aromatic carbocycles. The summed E-state index contributed by atoms with van der Waals surface area (Å²) in [5.41, 5.74) is 1.55. The lowest BCUT2D eigenvalue weighted by Crippen LogP contribution is -2.51. The first-order valence-corrected chi connectivity index (χ1v) is 8.81. The molecule has 4 saturated carbocycles. The molecule has 1 aromatic heterocycles. The van der Waals surface area contributed by atoms with Gasteiger partial charge in [0.1, 0.15) is 5.69 Å². The van der Waals surface area contributed by atoms with Crippen molar-refractivity contribution in [2.24, 2.45) is 30.2 Å². The molecular weight excluding hydrogens is 298 g/mol. The number of carbonyl (C=O) groups is 1. The molecule has 5 rings (SSSR count). The Morgan fingerprint density at radius 2 is 1.82 bits per heavy atom. The lowest BCUT2D eigenvalue weighted by atomic mass is 9.49. The third kappa shape index (κ3) is 2.27. The highest BCUT2D eigenvalue weighted by Gasteiger charge is 2.50. The molecule has 22 heavy (non-hydrogen) atoms. The predicted molar refractivity (Wildman–Crippen MR) is 85.9 cm³/mol. The summed E-state index contributed by atoms with van der Waals surface area (Å²) in [7, 11) is 1.78. The summed E-state index contributed by atoms with van der Waals surface area (Å²) in [4.78, 5) is 12.5. The summed E-state index contributed by atoms with van der Waals surface area (Å²) < 4.78 is 1.59. The summed E-state index contributed by atoms with van der Waals surface area (Å²) in [6, 6.07) is 0. The summed E-state index contributed by atoms with van der Waals surface area (Å²) in [6.07, 6.45) is 8.20. The fourth-order valence-electron chi connectivity index (χ4n) is 5.74. The number of halogens is 1. The molecule has 5 heteroatoms. The van der Waals surface area contributed by atoms with Gasteiger partial charge in [-0.1, -0.05) is 11.6 Å². The van der Waals surface area contributed by atoms with Gasteiger partial charge in [0.05, 0.1) is 10.7 Å². The van der Waals surface area contributed by atoms with Crippen LogP contribution in [0.5, 0.6) is 0 Å². The van der Waals surface area contributed by atoms with Crippen LogP contribution in [0, 0.1) is 30.1 Å². The Bertz CT molecular complexity index is 586. The normalized spacial score (nSPS) is 35.9. The molecule has 120 valence electrons.